The molecule has 1 amide bonds. The fourth-order valence-electron chi connectivity index (χ4n) is 5.14. The summed E-state index contributed by atoms with van der Waals surface area (Å²) in [5, 5.41) is 11.9. The van der Waals surface area contributed by atoms with Gasteiger partial charge in [-0.1, -0.05) is 12.1 Å². The van der Waals surface area contributed by atoms with E-state index in [4.69, 9.17) is 9.47 Å². The number of para-hydroxylation sites is 1. The minimum Gasteiger partial charge on any atom is -0.454 e. The van der Waals surface area contributed by atoms with Gasteiger partial charge in [-0.05, 0) is 45.4 Å². The van der Waals surface area contributed by atoms with E-state index in [-0.39, 0.29) is 19.1 Å². The number of nitrogens with zero attached hydrogens (tertiary/aromatic N) is 4. The quantitative estimate of drug-likeness (QED) is 0.267. The van der Waals surface area contributed by atoms with E-state index < -0.39 is 63.1 Å². The van der Waals surface area contributed by atoms with Gasteiger partial charge in [0, 0.05) is 45.3 Å². The summed E-state index contributed by atoms with van der Waals surface area (Å²) in [6, 6.07) is 5.97. The molecule has 2 fully saturated rings. The first-order valence-corrected chi connectivity index (χ1v) is 12.4. The molecule has 0 saturated carbocycles. The van der Waals surface area contributed by atoms with Gasteiger partial charge < -0.3 is 19.3 Å². The molecular weight excluding hydrogens is 524 g/mol. The maximum absolute atomic E-state index is 14.5. The van der Waals surface area contributed by atoms with Crippen LogP contribution in [0.1, 0.15) is 32.8 Å². The zero-order valence-electron chi connectivity index (χ0n) is 22.0. The third kappa shape index (κ3) is 6.02. The van der Waals surface area contributed by atoms with E-state index in [1.54, 1.807) is 27.8 Å². The molecular formula is C26H30F4N4O5. The molecule has 39 heavy (non-hydrogen) atoms. The molecule has 2 aliphatic rings. The maximum atomic E-state index is 14.5. The van der Waals surface area contributed by atoms with E-state index in [9.17, 15) is 32.5 Å². The molecule has 4 rings (SSSR count). The van der Waals surface area contributed by atoms with Crippen molar-refractivity contribution in [3.63, 3.8) is 0 Å². The number of benzene rings is 2. The van der Waals surface area contributed by atoms with E-state index >= 15 is 0 Å². The van der Waals surface area contributed by atoms with Crippen LogP contribution in [0.15, 0.2) is 36.4 Å². The molecule has 2 aliphatic heterocycles. The van der Waals surface area contributed by atoms with Crippen molar-refractivity contribution in [3.8, 4) is 11.5 Å². The summed E-state index contributed by atoms with van der Waals surface area (Å²) in [6.07, 6.45) is -5.05. The van der Waals surface area contributed by atoms with Crippen LogP contribution in [-0.4, -0.2) is 71.7 Å². The summed E-state index contributed by atoms with van der Waals surface area (Å²) in [5.41, 5.74) is -3.48. The van der Waals surface area contributed by atoms with Crippen LogP contribution < -0.4 is 9.64 Å². The third-order valence-corrected chi connectivity index (χ3v) is 6.84. The Balaban J connectivity index is 1.73. The van der Waals surface area contributed by atoms with Crippen LogP contribution in [0.4, 0.5) is 33.7 Å². The Kier molecular flexibility index (Phi) is 7.66. The average molecular weight is 555 g/mol. The van der Waals surface area contributed by atoms with Crippen molar-refractivity contribution in [1.29, 1.82) is 0 Å². The fourth-order valence-corrected chi connectivity index (χ4v) is 5.14. The van der Waals surface area contributed by atoms with Crippen molar-refractivity contribution in [2.75, 3.05) is 38.1 Å². The Morgan fingerprint density at radius 3 is 2.38 bits per heavy atom. The molecule has 212 valence electrons. The molecule has 2 atom stereocenters. The second kappa shape index (κ2) is 10.5. The van der Waals surface area contributed by atoms with Crippen LogP contribution in [0.25, 0.3) is 0 Å². The lowest BCUT2D eigenvalue weighted by atomic mass is 10.0. The van der Waals surface area contributed by atoms with Crippen molar-refractivity contribution >= 4 is 17.5 Å². The van der Waals surface area contributed by atoms with Gasteiger partial charge in [0.15, 0.2) is 11.6 Å². The first-order valence-electron chi connectivity index (χ1n) is 12.4. The van der Waals surface area contributed by atoms with Gasteiger partial charge >= 0.3 is 12.3 Å². The number of piperazine rings is 1. The normalized spacial score (nSPS) is 19.9. The highest BCUT2D eigenvalue weighted by Gasteiger charge is 2.47. The van der Waals surface area contributed by atoms with Crippen molar-refractivity contribution in [1.82, 2.24) is 9.80 Å². The number of fused-ring (bicyclic) bond motifs is 1. The minimum atomic E-state index is -5.05. The fraction of sp³-hybridized carbons (Fsp3) is 0.500. The number of hydrogen-bond donors (Lipinski definition) is 0. The van der Waals surface area contributed by atoms with Crippen LogP contribution in [-0.2, 0) is 10.9 Å². The van der Waals surface area contributed by atoms with E-state index in [2.05, 4.69) is 4.90 Å². The number of rotatable bonds is 5. The van der Waals surface area contributed by atoms with E-state index in [1.165, 1.54) is 28.0 Å². The van der Waals surface area contributed by atoms with Gasteiger partial charge in [-0.3, -0.25) is 15.0 Å². The van der Waals surface area contributed by atoms with Gasteiger partial charge in [-0.2, -0.15) is 13.2 Å². The zero-order chi connectivity index (χ0) is 28.7. The number of nitro benzene ring substituents is 1. The number of halogens is 4. The van der Waals surface area contributed by atoms with Gasteiger partial charge in [0.05, 0.1) is 11.0 Å². The Labute approximate surface area is 223 Å². The molecule has 2 saturated heterocycles. The minimum absolute atomic E-state index is 0.00905. The average Bonchev–Trinajstić information content (AvgIpc) is 3.26. The van der Waals surface area contributed by atoms with Crippen LogP contribution in [0, 0.1) is 15.9 Å². The van der Waals surface area contributed by atoms with Gasteiger partial charge in [0.25, 0.3) is 5.69 Å². The number of carbonyl (C=O) groups excluding carboxylic acids is 1. The van der Waals surface area contributed by atoms with E-state index in [0.29, 0.717) is 19.5 Å². The Morgan fingerprint density at radius 1 is 1.08 bits per heavy atom. The predicted molar refractivity (Wildman–Crippen MR) is 135 cm³/mol. The summed E-state index contributed by atoms with van der Waals surface area (Å²) in [7, 11) is 1.58. The van der Waals surface area contributed by atoms with Gasteiger partial charge in [-0.25, -0.2) is 9.18 Å². The molecule has 0 aromatic heterocycles. The Bertz CT molecular complexity index is 1250. The van der Waals surface area contributed by atoms with Crippen LogP contribution in [0.5, 0.6) is 11.5 Å². The second-order valence-electron chi connectivity index (χ2n) is 10.6. The topological polar surface area (TPSA) is 88.4 Å². The van der Waals surface area contributed by atoms with Gasteiger partial charge in [0.2, 0.25) is 0 Å². The van der Waals surface area contributed by atoms with Crippen LogP contribution in [0.3, 0.4) is 0 Å². The van der Waals surface area contributed by atoms with E-state index in [0.717, 1.165) is 18.2 Å². The largest absolute Gasteiger partial charge is 0.454 e. The molecule has 0 unspecified atom stereocenters. The SMILES string of the molecule is CN(C(=O)OC(C)(C)C)[C@@H]1CCN2CCN(c3c([N+](=O)[O-])ccc(Oc4ccccc4F)c3C(F)(F)F)C[C@@H]12. The summed E-state index contributed by atoms with van der Waals surface area (Å²) < 4.78 is 68.7. The summed E-state index contributed by atoms with van der Waals surface area (Å²) in [6.45, 7) is 6.21. The number of amides is 1. The molecule has 2 aromatic rings. The number of hydrogen-bond acceptors (Lipinski definition) is 7. The van der Waals surface area contributed by atoms with Crippen molar-refractivity contribution in [2.24, 2.45) is 0 Å². The van der Waals surface area contributed by atoms with Crippen LogP contribution in [0.2, 0.25) is 0 Å². The summed E-state index contributed by atoms with van der Waals surface area (Å²) in [4.78, 5) is 28.6. The number of anilines is 1. The van der Waals surface area contributed by atoms with Crippen LogP contribution >= 0.6 is 0 Å². The predicted octanol–water partition coefficient (Wildman–Crippen LogP) is 5.67. The molecule has 0 radical (unpaired) electrons. The molecule has 0 aliphatic carbocycles. The standard InChI is InChI=1S/C26H30F4N4O5/c1-25(2,3)39-24(35)31(4)17-11-12-32-13-14-33(15-19(17)32)23-18(34(36)37)9-10-21(22(23)26(28,29)30)38-20-8-6-5-7-16(20)27/h5-10,17,19H,11-15H2,1-4H3/t17-,19+/m1/s1. The molecule has 0 bridgehead atoms. The molecule has 13 heteroatoms. The van der Waals surface area contributed by atoms with E-state index in [1.807, 2.05) is 0 Å². The highest BCUT2D eigenvalue weighted by atomic mass is 19.4. The zero-order valence-corrected chi connectivity index (χ0v) is 22.0. The molecule has 0 spiro atoms. The molecule has 9 nitrogen and oxygen atoms in total. The first kappa shape index (κ1) is 28.4. The summed E-state index contributed by atoms with van der Waals surface area (Å²) >= 11 is 0. The van der Waals surface area contributed by atoms with Gasteiger partial charge in [0.1, 0.15) is 22.6 Å². The Hall–Kier alpha value is -3.61. The smallest absolute Gasteiger partial charge is 0.422 e. The highest BCUT2D eigenvalue weighted by Crippen LogP contribution is 2.49. The molecule has 0 N–H and O–H groups in total. The molecule has 2 aromatic carbocycles. The number of ether oxygens (including phenoxy) is 2. The number of carbonyl (C=O) groups is 1. The van der Waals surface area contributed by atoms with Gasteiger partial charge in [-0.15, -0.1) is 0 Å². The van der Waals surface area contributed by atoms with Crippen molar-refractivity contribution in [2.45, 2.75) is 51.1 Å². The Morgan fingerprint density at radius 2 is 1.77 bits per heavy atom. The maximum Gasteiger partial charge on any atom is 0.422 e. The lowest BCUT2D eigenvalue weighted by molar-refractivity contribution is -0.384. The lowest BCUT2D eigenvalue weighted by Crippen LogP contribution is -2.57. The number of alkyl halides is 3. The van der Waals surface area contributed by atoms with Crippen molar-refractivity contribution in [3.05, 3.63) is 57.9 Å². The highest BCUT2D eigenvalue weighted by molar-refractivity contribution is 5.73. The second-order valence-corrected chi connectivity index (χ2v) is 10.6. The van der Waals surface area contributed by atoms with Crippen molar-refractivity contribution < 1.29 is 36.8 Å². The monoisotopic (exact) mass is 554 g/mol. The summed E-state index contributed by atoms with van der Waals surface area (Å²) in [5.74, 6) is -2.06. The number of likely N-dealkylation sites (N-methyl/N-ethyl adjacent to an activating group) is 1. The molecule has 2 heterocycles. The lowest BCUT2D eigenvalue weighted by Gasteiger charge is -2.42. The first-order chi connectivity index (χ1) is 18.2. The third-order valence-electron chi connectivity index (χ3n) is 6.84. The number of nitro groups is 1.